The van der Waals surface area contributed by atoms with Crippen LogP contribution in [0, 0.1) is 0 Å². The Morgan fingerprint density at radius 3 is 2.14 bits per heavy atom. The van der Waals surface area contributed by atoms with Crippen molar-refractivity contribution in [2.75, 3.05) is 26.7 Å². The van der Waals surface area contributed by atoms with Crippen molar-refractivity contribution < 1.29 is 27.9 Å². The molecule has 1 aliphatic heterocycles. The van der Waals surface area contributed by atoms with Gasteiger partial charge in [-0.2, -0.15) is 13.2 Å². The minimum atomic E-state index is -5.09. The first-order chi connectivity index (χ1) is 9.31. The summed E-state index contributed by atoms with van der Waals surface area (Å²) in [5.41, 5.74) is -3.70. The van der Waals surface area contributed by atoms with Gasteiger partial charge in [0.05, 0.1) is 0 Å². The molecule has 0 aromatic heterocycles. The van der Waals surface area contributed by atoms with Crippen LogP contribution in [0.1, 0.15) is 20.8 Å². The van der Waals surface area contributed by atoms with E-state index in [0.29, 0.717) is 13.5 Å². The SMILES string of the molecule is CN1CCN(C(=O)NC(C)(C(=O)O)C(F)(F)F)CC1(C)C. The molecule has 9 heteroatoms. The summed E-state index contributed by atoms with van der Waals surface area (Å²) in [5, 5.41) is 10.4. The largest absolute Gasteiger partial charge is 0.479 e. The third-order valence-corrected chi connectivity index (χ3v) is 3.96. The van der Waals surface area contributed by atoms with Gasteiger partial charge in [-0.05, 0) is 27.8 Å². The van der Waals surface area contributed by atoms with Crippen LogP contribution in [0.4, 0.5) is 18.0 Å². The minimum Gasteiger partial charge on any atom is -0.479 e. The number of nitrogens with one attached hydrogen (secondary N) is 1. The highest BCUT2D eigenvalue weighted by molar-refractivity contribution is 5.86. The molecule has 1 saturated heterocycles. The number of alkyl halides is 3. The zero-order chi connectivity index (χ0) is 16.6. The standard InChI is InChI=1S/C12H20F3N3O3/c1-10(2)7-18(6-5-17(10)4)9(21)16-11(3,8(19)20)12(13,14)15/h5-7H2,1-4H3,(H,16,21)(H,19,20). The molecule has 1 rings (SSSR count). The van der Waals surface area contributed by atoms with Gasteiger partial charge in [0, 0.05) is 25.2 Å². The Balaban J connectivity index is 2.88. The number of likely N-dealkylation sites (N-methyl/N-ethyl adjacent to an activating group) is 1. The fourth-order valence-corrected chi connectivity index (χ4v) is 1.95. The van der Waals surface area contributed by atoms with Gasteiger partial charge in [0.1, 0.15) is 0 Å². The second-order valence-electron chi connectivity index (χ2n) is 6.01. The third kappa shape index (κ3) is 3.39. The van der Waals surface area contributed by atoms with Gasteiger partial charge >= 0.3 is 18.2 Å². The Labute approximate surface area is 120 Å². The maximum Gasteiger partial charge on any atom is 0.422 e. The predicted octanol–water partition coefficient (Wildman–Crippen LogP) is 1.13. The van der Waals surface area contributed by atoms with Crippen LogP contribution < -0.4 is 5.32 Å². The second-order valence-corrected chi connectivity index (χ2v) is 6.01. The number of nitrogens with zero attached hydrogens (tertiary/aromatic N) is 2. The van der Waals surface area contributed by atoms with E-state index in [1.165, 1.54) is 4.90 Å². The van der Waals surface area contributed by atoms with E-state index in [9.17, 15) is 22.8 Å². The number of aliphatic carboxylic acids is 1. The average Bonchev–Trinajstić information content (AvgIpc) is 2.30. The summed E-state index contributed by atoms with van der Waals surface area (Å²) in [6.07, 6.45) is -5.09. The van der Waals surface area contributed by atoms with E-state index >= 15 is 0 Å². The normalized spacial score (nSPS) is 22.5. The van der Waals surface area contributed by atoms with Gasteiger partial charge in [-0.1, -0.05) is 0 Å². The summed E-state index contributed by atoms with van der Waals surface area (Å²) >= 11 is 0. The number of hydrogen-bond acceptors (Lipinski definition) is 3. The molecule has 1 fully saturated rings. The smallest absolute Gasteiger partial charge is 0.422 e. The summed E-state index contributed by atoms with van der Waals surface area (Å²) in [5.74, 6) is -2.14. The number of halogens is 3. The molecule has 0 bridgehead atoms. The number of carbonyl (C=O) groups is 2. The van der Waals surface area contributed by atoms with Crippen LogP contribution in [-0.4, -0.2) is 70.8 Å². The molecule has 0 saturated carbocycles. The van der Waals surface area contributed by atoms with Crippen molar-refractivity contribution >= 4 is 12.0 Å². The Bertz CT molecular complexity index is 439. The van der Waals surface area contributed by atoms with Crippen molar-refractivity contribution in [1.29, 1.82) is 0 Å². The average molecular weight is 311 g/mol. The van der Waals surface area contributed by atoms with E-state index < -0.39 is 29.3 Å². The first-order valence-electron chi connectivity index (χ1n) is 6.40. The molecule has 0 aliphatic carbocycles. The number of carboxylic acid groups (broad SMARTS) is 1. The summed E-state index contributed by atoms with van der Waals surface area (Å²) < 4.78 is 38.6. The summed E-state index contributed by atoms with van der Waals surface area (Å²) in [6.45, 7) is 5.09. The van der Waals surface area contributed by atoms with Crippen molar-refractivity contribution in [3.05, 3.63) is 0 Å². The van der Waals surface area contributed by atoms with Crippen LogP contribution in [0.15, 0.2) is 0 Å². The molecule has 0 spiro atoms. The van der Waals surface area contributed by atoms with Gasteiger partial charge in [0.25, 0.3) is 0 Å². The van der Waals surface area contributed by atoms with E-state index in [1.54, 1.807) is 5.32 Å². The number of carbonyl (C=O) groups excluding carboxylic acids is 1. The number of rotatable bonds is 2. The highest BCUT2D eigenvalue weighted by atomic mass is 19.4. The number of carboxylic acids is 1. The van der Waals surface area contributed by atoms with Gasteiger partial charge in [-0.25, -0.2) is 9.59 Å². The van der Waals surface area contributed by atoms with E-state index in [-0.39, 0.29) is 13.1 Å². The van der Waals surface area contributed by atoms with Gasteiger partial charge < -0.3 is 15.3 Å². The minimum absolute atomic E-state index is 0.211. The van der Waals surface area contributed by atoms with Crippen molar-refractivity contribution in [1.82, 2.24) is 15.1 Å². The quantitative estimate of drug-likeness (QED) is 0.802. The van der Waals surface area contributed by atoms with E-state index in [2.05, 4.69) is 0 Å². The van der Waals surface area contributed by atoms with Crippen molar-refractivity contribution in [3.63, 3.8) is 0 Å². The van der Waals surface area contributed by atoms with Crippen LogP contribution >= 0.6 is 0 Å². The molecule has 122 valence electrons. The van der Waals surface area contributed by atoms with Crippen LogP contribution in [-0.2, 0) is 4.79 Å². The van der Waals surface area contributed by atoms with Crippen LogP contribution in [0.5, 0.6) is 0 Å². The zero-order valence-corrected chi connectivity index (χ0v) is 12.4. The van der Waals surface area contributed by atoms with Gasteiger partial charge in [-0.3, -0.25) is 4.90 Å². The van der Waals surface area contributed by atoms with E-state index in [0.717, 1.165) is 0 Å². The Morgan fingerprint density at radius 1 is 1.24 bits per heavy atom. The zero-order valence-electron chi connectivity index (χ0n) is 12.4. The monoisotopic (exact) mass is 311 g/mol. The highest BCUT2D eigenvalue weighted by Gasteiger charge is 2.59. The van der Waals surface area contributed by atoms with E-state index in [1.807, 2.05) is 25.8 Å². The number of piperazine rings is 1. The molecule has 2 amide bonds. The molecule has 1 unspecified atom stereocenters. The lowest BCUT2D eigenvalue weighted by molar-refractivity contribution is -0.203. The molecule has 1 atom stereocenters. The highest BCUT2D eigenvalue weighted by Crippen LogP contribution is 2.31. The van der Waals surface area contributed by atoms with Crippen molar-refractivity contribution in [2.24, 2.45) is 0 Å². The maximum atomic E-state index is 12.9. The molecule has 0 radical (unpaired) electrons. The summed E-state index contributed by atoms with van der Waals surface area (Å²) in [6, 6.07) is -1.03. The molecule has 2 N–H and O–H groups in total. The lowest BCUT2D eigenvalue weighted by atomic mass is 9.99. The molecule has 21 heavy (non-hydrogen) atoms. The second kappa shape index (κ2) is 5.36. The molecular weight excluding hydrogens is 291 g/mol. The topological polar surface area (TPSA) is 72.9 Å². The third-order valence-electron chi connectivity index (χ3n) is 3.96. The number of urea groups is 1. The Kier molecular flexibility index (Phi) is 4.48. The van der Waals surface area contributed by atoms with Crippen LogP contribution in [0.25, 0.3) is 0 Å². The summed E-state index contributed by atoms with van der Waals surface area (Å²) in [7, 11) is 1.85. The number of hydrogen-bond donors (Lipinski definition) is 2. The Morgan fingerprint density at radius 2 is 1.76 bits per heavy atom. The Hall–Kier alpha value is -1.51. The first-order valence-corrected chi connectivity index (χ1v) is 6.40. The fourth-order valence-electron chi connectivity index (χ4n) is 1.95. The van der Waals surface area contributed by atoms with E-state index in [4.69, 9.17) is 5.11 Å². The number of amides is 2. The molecule has 6 nitrogen and oxygen atoms in total. The molecule has 0 aromatic carbocycles. The van der Waals surface area contributed by atoms with Gasteiger partial charge in [-0.15, -0.1) is 0 Å². The summed E-state index contributed by atoms with van der Waals surface area (Å²) in [4.78, 5) is 26.1. The molecule has 1 heterocycles. The lowest BCUT2D eigenvalue weighted by Gasteiger charge is -2.45. The van der Waals surface area contributed by atoms with Crippen LogP contribution in [0.2, 0.25) is 0 Å². The first kappa shape index (κ1) is 17.5. The predicted molar refractivity (Wildman–Crippen MR) is 68.9 cm³/mol. The van der Waals surface area contributed by atoms with Gasteiger partial charge in [0.15, 0.2) is 0 Å². The van der Waals surface area contributed by atoms with Crippen LogP contribution in [0.3, 0.4) is 0 Å². The van der Waals surface area contributed by atoms with Gasteiger partial charge in [0.2, 0.25) is 5.54 Å². The van der Waals surface area contributed by atoms with Crippen molar-refractivity contribution in [2.45, 2.75) is 38.0 Å². The molecule has 1 aliphatic rings. The fraction of sp³-hybridized carbons (Fsp3) is 0.833. The van der Waals surface area contributed by atoms with Crippen molar-refractivity contribution in [3.8, 4) is 0 Å². The lowest BCUT2D eigenvalue weighted by Crippen LogP contribution is -2.67. The maximum absolute atomic E-state index is 12.9. The molecule has 0 aromatic rings. The molecular formula is C12H20F3N3O3.